The van der Waals surface area contributed by atoms with Crippen molar-refractivity contribution in [2.24, 2.45) is 35.5 Å². The Balaban J connectivity index is 1.27. The number of hydrogen-bond donors (Lipinski definition) is 0. The van der Waals surface area contributed by atoms with Gasteiger partial charge < -0.3 is 0 Å². The topological polar surface area (TPSA) is 0 Å². The van der Waals surface area contributed by atoms with Crippen molar-refractivity contribution in [3.63, 3.8) is 0 Å². The normalized spacial score (nSPS) is 39.8. The van der Waals surface area contributed by atoms with Gasteiger partial charge in [0.05, 0.1) is 8.07 Å². The lowest BCUT2D eigenvalue weighted by Gasteiger charge is -2.49. The number of rotatable bonds is 4. The molecule has 0 bridgehead atoms. The molecule has 200 valence electrons. The van der Waals surface area contributed by atoms with E-state index < -0.39 is 8.07 Å². The Morgan fingerprint density at radius 1 is 0.541 bits per heavy atom. The highest BCUT2D eigenvalue weighted by Crippen LogP contribution is 2.67. The third-order valence-corrected chi connectivity index (χ3v) is 17.8. The van der Waals surface area contributed by atoms with Gasteiger partial charge in [-0.3, -0.25) is 0 Å². The van der Waals surface area contributed by atoms with Gasteiger partial charge in [-0.1, -0.05) is 112 Å². The fourth-order valence-electron chi connectivity index (χ4n) is 11.4. The minimum Gasteiger partial charge on any atom is -0.0689 e. The van der Waals surface area contributed by atoms with Crippen molar-refractivity contribution in [2.45, 2.75) is 115 Å². The summed E-state index contributed by atoms with van der Waals surface area (Å²) < 4.78 is 0. The highest BCUT2D eigenvalue weighted by atomic mass is 28.3. The molecule has 4 fully saturated rings. The van der Waals surface area contributed by atoms with Crippen LogP contribution in [0, 0.1) is 49.4 Å². The lowest BCUT2D eigenvalue weighted by atomic mass is 9.70. The smallest absolute Gasteiger partial charge is 0.0546 e. The van der Waals surface area contributed by atoms with E-state index in [0.29, 0.717) is 0 Å². The first kappa shape index (κ1) is 25.9. The molecule has 0 nitrogen and oxygen atoms in total. The van der Waals surface area contributed by atoms with E-state index in [4.69, 9.17) is 0 Å². The van der Waals surface area contributed by atoms with Gasteiger partial charge >= 0.3 is 0 Å². The Labute approximate surface area is 229 Å². The molecule has 1 heteroatoms. The third-order valence-electron chi connectivity index (χ3n) is 12.4. The summed E-state index contributed by atoms with van der Waals surface area (Å²) in [5, 5.41) is 0. The fourth-order valence-corrected chi connectivity index (χ4v) is 18.1. The van der Waals surface area contributed by atoms with Gasteiger partial charge in [0.25, 0.3) is 0 Å². The molecular weight excluding hydrogens is 460 g/mol. The van der Waals surface area contributed by atoms with E-state index >= 15 is 0 Å². The Kier molecular flexibility index (Phi) is 7.00. The first-order valence-corrected chi connectivity index (χ1v) is 19.0. The van der Waals surface area contributed by atoms with Crippen molar-refractivity contribution in [3.8, 4) is 0 Å². The Morgan fingerprint density at radius 2 is 0.919 bits per heavy atom. The zero-order chi connectivity index (χ0) is 25.9. The number of hydrogen-bond acceptors (Lipinski definition) is 0. The van der Waals surface area contributed by atoms with E-state index in [1.165, 1.54) is 62.5 Å². The summed E-state index contributed by atoms with van der Waals surface area (Å²) in [6.45, 7) is 15.6. The molecule has 10 atom stereocenters. The maximum absolute atomic E-state index is 2.88. The van der Waals surface area contributed by atoms with Gasteiger partial charge in [-0.2, -0.15) is 0 Å². The minimum absolute atomic E-state index is 0.811. The quantitative estimate of drug-likeness (QED) is 0.357. The van der Waals surface area contributed by atoms with Crippen LogP contribution in [-0.2, 0) is 0 Å². The average molecular weight is 513 g/mol. The highest BCUT2D eigenvalue weighted by Gasteiger charge is 2.59. The van der Waals surface area contributed by atoms with E-state index in [1.807, 2.05) is 0 Å². The summed E-state index contributed by atoms with van der Waals surface area (Å²) in [6, 6.07) is 19.3. The van der Waals surface area contributed by atoms with E-state index in [9.17, 15) is 0 Å². The van der Waals surface area contributed by atoms with Crippen molar-refractivity contribution >= 4 is 8.07 Å². The van der Waals surface area contributed by atoms with Crippen molar-refractivity contribution in [1.82, 2.24) is 0 Å². The zero-order valence-corrected chi connectivity index (χ0v) is 25.5. The highest BCUT2D eigenvalue weighted by molar-refractivity contribution is 6.80. The molecule has 0 spiro atoms. The maximum Gasteiger partial charge on any atom is 0.0546 e. The van der Waals surface area contributed by atoms with Crippen molar-refractivity contribution in [2.75, 3.05) is 0 Å². The molecule has 10 unspecified atom stereocenters. The molecule has 0 aromatic heterocycles. The van der Waals surface area contributed by atoms with Crippen molar-refractivity contribution < 1.29 is 0 Å². The Bertz CT molecular complexity index is 979. The second kappa shape index (κ2) is 10.00. The van der Waals surface area contributed by atoms with Crippen LogP contribution in [0.5, 0.6) is 0 Å². The largest absolute Gasteiger partial charge is 0.0689 e. The zero-order valence-electron chi connectivity index (χ0n) is 24.5. The van der Waals surface area contributed by atoms with Crippen molar-refractivity contribution in [1.29, 1.82) is 0 Å². The first-order valence-electron chi connectivity index (χ1n) is 15.9. The molecule has 4 saturated carbocycles. The molecule has 0 saturated heterocycles. The molecule has 0 amide bonds. The van der Waals surface area contributed by atoms with Crippen LogP contribution in [0.3, 0.4) is 0 Å². The maximum atomic E-state index is 2.88. The molecule has 37 heavy (non-hydrogen) atoms. The Hall–Kier alpha value is -1.34. The summed E-state index contributed by atoms with van der Waals surface area (Å²) in [5.41, 5.74) is 8.16. The molecule has 6 rings (SSSR count). The predicted octanol–water partition coefficient (Wildman–Crippen LogP) is 10.5. The molecule has 2 aromatic carbocycles. The predicted molar refractivity (Wildman–Crippen MR) is 162 cm³/mol. The van der Waals surface area contributed by atoms with Gasteiger partial charge in [0.15, 0.2) is 0 Å². The lowest BCUT2D eigenvalue weighted by molar-refractivity contribution is 0.226. The van der Waals surface area contributed by atoms with Crippen LogP contribution in [0.4, 0.5) is 0 Å². The number of aryl methyl sites for hydroxylation is 2. The van der Waals surface area contributed by atoms with Crippen LogP contribution in [0.2, 0.25) is 24.2 Å². The third kappa shape index (κ3) is 4.50. The minimum atomic E-state index is -1.46. The molecule has 0 radical (unpaired) electrons. The molecule has 4 aliphatic rings. The molecule has 0 N–H and O–H groups in total. The summed E-state index contributed by atoms with van der Waals surface area (Å²) in [5.74, 6) is 7.30. The van der Waals surface area contributed by atoms with Gasteiger partial charge in [0, 0.05) is 0 Å². The molecule has 2 aromatic rings. The fraction of sp³-hybridized carbons (Fsp3) is 0.667. The van der Waals surface area contributed by atoms with Gasteiger partial charge in [0.2, 0.25) is 0 Å². The second-order valence-electron chi connectivity index (χ2n) is 14.9. The molecule has 4 aliphatic carbocycles. The van der Waals surface area contributed by atoms with Crippen LogP contribution in [0.25, 0.3) is 0 Å². The molecule has 0 aliphatic heterocycles. The summed E-state index contributed by atoms with van der Waals surface area (Å²) >= 11 is 0. The summed E-state index contributed by atoms with van der Waals surface area (Å²) in [4.78, 5) is 0. The van der Waals surface area contributed by atoms with Crippen LogP contribution >= 0.6 is 0 Å². The molecular formula is C36H52Si. The standard InChI is InChI=1S/C36H52Si/c1-23-13-17-27(18-14-23)29-9-7-11-31-33(29)21-25(3)35(31)37(5,6)36-26(4)22-34-30(10-8-12-32(34)36)28-19-15-24(2)16-20-28/h13-20,25-26,29-36H,7-12,21-22H2,1-6H3. The van der Waals surface area contributed by atoms with Crippen molar-refractivity contribution in [3.05, 3.63) is 70.8 Å². The van der Waals surface area contributed by atoms with E-state index in [2.05, 4.69) is 89.3 Å². The van der Waals surface area contributed by atoms with Crippen LogP contribution < -0.4 is 0 Å². The second-order valence-corrected chi connectivity index (χ2v) is 19.8. The van der Waals surface area contributed by atoms with E-state index in [1.54, 1.807) is 11.1 Å². The van der Waals surface area contributed by atoms with E-state index in [0.717, 1.165) is 58.4 Å². The van der Waals surface area contributed by atoms with Gasteiger partial charge in [-0.05, 0) is 109 Å². The number of fused-ring (bicyclic) bond motifs is 2. The first-order chi connectivity index (χ1) is 17.8. The van der Waals surface area contributed by atoms with Crippen LogP contribution in [0.1, 0.15) is 99.3 Å². The van der Waals surface area contributed by atoms with E-state index in [-0.39, 0.29) is 0 Å². The summed E-state index contributed by atoms with van der Waals surface area (Å²) in [7, 11) is -1.46. The lowest BCUT2D eigenvalue weighted by Crippen LogP contribution is -2.47. The van der Waals surface area contributed by atoms with Crippen LogP contribution in [0.15, 0.2) is 48.5 Å². The van der Waals surface area contributed by atoms with Gasteiger partial charge in [-0.15, -0.1) is 0 Å². The van der Waals surface area contributed by atoms with Gasteiger partial charge in [-0.25, -0.2) is 0 Å². The SMILES string of the molecule is Cc1ccc(C2CCCC3C2CC(C)C3[Si](C)(C)C2C(C)CC3C(c4ccc(C)cc4)CCCC32)cc1. The monoisotopic (exact) mass is 512 g/mol. The Morgan fingerprint density at radius 3 is 1.30 bits per heavy atom. The molecule has 0 heterocycles. The van der Waals surface area contributed by atoms with Crippen LogP contribution in [-0.4, -0.2) is 8.07 Å². The summed E-state index contributed by atoms with van der Waals surface area (Å²) in [6.07, 6.45) is 11.8. The van der Waals surface area contributed by atoms with Gasteiger partial charge in [0.1, 0.15) is 0 Å². The average Bonchev–Trinajstić information content (AvgIpc) is 3.41. The number of benzene rings is 2.